The fraction of sp³-hybridized carbons (Fsp3) is 0.450. The molecule has 1 aromatic heterocycles. The molecule has 3 rings (SSSR count). The molecule has 1 atom stereocenters. The predicted molar refractivity (Wildman–Crippen MR) is 112 cm³/mol. The number of halogens is 1. The number of hydrogen-bond donors (Lipinski definition) is 2. The van der Waals surface area contributed by atoms with E-state index in [1.54, 1.807) is 26.1 Å². The van der Waals surface area contributed by atoms with Gasteiger partial charge in [0.2, 0.25) is 0 Å². The molecule has 1 aliphatic heterocycles. The van der Waals surface area contributed by atoms with Crippen molar-refractivity contribution in [2.75, 3.05) is 39.0 Å². The number of rotatable bonds is 6. The highest BCUT2D eigenvalue weighted by atomic mass is 32.2. The van der Waals surface area contributed by atoms with E-state index in [1.165, 1.54) is 35.2 Å². The minimum absolute atomic E-state index is 0.0351. The zero-order valence-electron chi connectivity index (χ0n) is 16.7. The van der Waals surface area contributed by atoms with Crippen molar-refractivity contribution in [2.24, 2.45) is 0 Å². The lowest BCUT2D eigenvalue weighted by atomic mass is 10.1. The lowest BCUT2D eigenvalue weighted by Gasteiger charge is -2.33. The SMILES string of the molecule is Cc1ncoc1C(=N)N(C)C(=N)SCCCN1CCOC(c2ccc(F)cc2)C1. The average molecular weight is 420 g/mol. The number of aryl methyl sites for hydroxylation is 1. The van der Waals surface area contributed by atoms with Crippen LogP contribution in [-0.4, -0.2) is 64.8 Å². The molecule has 2 aromatic rings. The fourth-order valence-corrected chi connectivity index (χ4v) is 3.87. The summed E-state index contributed by atoms with van der Waals surface area (Å²) in [5.74, 6) is 1.06. The molecule has 9 heteroatoms. The van der Waals surface area contributed by atoms with Crippen LogP contribution in [-0.2, 0) is 4.74 Å². The average Bonchev–Trinajstić information content (AvgIpc) is 3.16. The highest BCUT2D eigenvalue weighted by Crippen LogP contribution is 2.23. The molecule has 0 radical (unpaired) electrons. The van der Waals surface area contributed by atoms with E-state index in [2.05, 4.69) is 9.88 Å². The Balaban J connectivity index is 1.40. The number of thioether (sulfide) groups is 1. The summed E-state index contributed by atoms with van der Waals surface area (Å²) in [5, 5.41) is 16.7. The van der Waals surface area contributed by atoms with E-state index in [0.29, 0.717) is 23.2 Å². The number of ether oxygens (including phenoxy) is 1. The Bertz CT molecular complexity index is 842. The molecule has 2 heterocycles. The van der Waals surface area contributed by atoms with E-state index in [4.69, 9.17) is 20.0 Å². The van der Waals surface area contributed by atoms with Crippen LogP contribution in [0.15, 0.2) is 35.1 Å². The summed E-state index contributed by atoms with van der Waals surface area (Å²) in [6, 6.07) is 6.49. The van der Waals surface area contributed by atoms with Crippen molar-refractivity contribution in [1.29, 1.82) is 10.8 Å². The van der Waals surface area contributed by atoms with Gasteiger partial charge in [0, 0.05) is 25.9 Å². The molecule has 29 heavy (non-hydrogen) atoms. The zero-order valence-corrected chi connectivity index (χ0v) is 17.5. The first-order valence-corrected chi connectivity index (χ1v) is 10.5. The Hall–Kier alpha value is -2.23. The first kappa shape index (κ1) is 21.5. The summed E-state index contributed by atoms with van der Waals surface area (Å²) < 4.78 is 24.2. The Morgan fingerprint density at radius 2 is 2.10 bits per heavy atom. The van der Waals surface area contributed by atoms with Gasteiger partial charge in [-0.05, 0) is 37.6 Å². The third-order valence-corrected chi connectivity index (χ3v) is 5.89. The van der Waals surface area contributed by atoms with Gasteiger partial charge in [-0.25, -0.2) is 9.37 Å². The maximum atomic E-state index is 13.1. The van der Waals surface area contributed by atoms with Crippen LogP contribution in [0.4, 0.5) is 4.39 Å². The molecule has 0 aliphatic carbocycles. The van der Waals surface area contributed by atoms with Gasteiger partial charge in [0.25, 0.3) is 0 Å². The molecule has 1 aliphatic rings. The second-order valence-corrected chi connectivity index (χ2v) is 7.98. The number of morpholine rings is 1. The molecular formula is C20H26FN5O2S. The van der Waals surface area contributed by atoms with Crippen LogP contribution in [0.1, 0.15) is 29.5 Å². The Morgan fingerprint density at radius 3 is 2.79 bits per heavy atom. The fourth-order valence-electron chi connectivity index (χ4n) is 3.12. The van der Waals surface area contributed by atoms with Crippen molar-refractivity contribution in [2.45, 2.75) is 19.4 Å². The van der Waals surface area contributed by atoms with Gasteiger partial charge in [0.05, 0.1) is 18.4 Å². The van der Waals surface area contributed by atoms with Crippen LogP contribution in [0.5, 0.6) is 0 Å². The van der Waals surface area contributed by atoms with Gasteiger partial charge in [0.1, 0.15) is 5.82 Å². The van der Waals surface area contributed by atoms with Gasteiger partial charge in [-0.2, -0.15) is 0 Å². The van der Waals surface area contributed by atoms with Crippen molar-refractivity contribution in [3.63, 3.8) is 0 Å². The number of aromatic nitrogens is 1. The molecule has 156 valence electrons. The van der Waals surface area contributed by atoms with Crippen molar-refractivity contribution >= 4 is 22.8 Å². The van der Waals surface area contributed by atoms with Crippen molar-refractivity contribution in [1.82, 2.24) is 14.8 Å². The molecule has 0 spiro atoms. The number of hydrogen-bond acceptors (Lipinski definition) is 7. The number of amidine groups is 2. The molecule has 1 aromatic carbocycles. The Labute approximate surface area is 174 Å². The van der Waals surface area contributed by atoms with Crippen LogP contribution in [0.25, 0.3) is 0 Å². The molecule has 7 nitrogen and oxygen atoms in total. The Kier molecular flexibility index (Phi) is 7.40. The number of benzene rings is 1. The van der Waals surface area contributed by atoms with Gasteiger partial charge in [-0.1, -0.05) is 23.9 Å². The maximum Gasteiger partial charge on any atom is 0.192 e. The van der Waals surface area contributed by atoms with Gasteiger partial charge in [-0.3, -0.25) is 15.7 Å². The van der Waals surface area contributed by atoms with Crippen LogP contribution in [0, 0.1) is 23.6 Å². The third-order valence-electron chi connectivity index (χ3n) is 4.85. The van der Waals surface area contributed by atoms with Gasteiger partial charge < -0.3 is 14.1 Å². The number of nitrogens with one attached hydrogen (secondary N) is 2. The largest absolute Gasteiger partial charge is 0.440 e. The topological polar surface area (TPSA) is 89.4 Å². The second-order valence-electron chi connectivity index (χ2n) is 6.89. The van der Waals surface area contributed by atoms with Crippen LogP contribution in [0.2, 0.25) is 0 Å². The van der Waals surface area contributed by atoms with Gasteiger partial charge >= 0.3 is 0 Å². The molecule has 2 N–H and O–H groups in total. The summed E-state index contributed by atoms with van der Waals surface area (Å²) in [7, 11) is 1.69. The van der Waals surface area contributed by atoms with E-state index in [-0.39, 0.29) is 17.8 Å². The minimum Gasteiger partial charge on any atom is -0.440 e. The standard InChI is InChI=1S/C20H26FN5O2S/c1-14-18(28-13-24-14)19(22)25(2)20(23)29-11-3-8-26-9-10-27-17(12-26)15-4-6-16(21)7-5-15/h4-7,13,17,22-23H,3,8-12H2,1-2H3. The van der Waals surface area contributed by atoms with E-state index < -0.39 is 0 Å². The molecule has 0 amide bonds. The lowest BCUT2D eigenvalue weighted by Crippen LogP contribution is -2.39. The minimum atomic E-state index is -0.239. The maximum absolute atomic E-state index is 13.1. The second kappa shape index (κ2) is 10.00. The summed E-state index contributed by atoms with van der Waals surface area (Å²) >= 11 is 1.41. The van der Waals surface area contributed by atoms with Crippen LogP contribution >= 0.6 is 11.8 Å². The molecule has 1 saturated heterocycles. The molecule has 0 bridgehead atoms. The first-order chi connectivity index (χ1) is 14.0. The van der Waals surface area contributed by atoms with Crippen molar-refractivity contribution in [3.05, 3.63) is 53.5 Å². The van der Waals surface area contributed by atoms with E-state index in [1.807, 2.05) is 0 Å². The van der Waals surface area contributed by atoms with Crippen molar-refractivity contribution in [3.8, 4) is 0 Å². The zero-order chi connectivity index (χ0) is 20.8. The molecular weight excluding hydrogens is 393 g/mol. The highest BCUT2D eigenvalue weighted by Gasteiger charge is 2.22. The number of nitrogens with zero attached hydrogens (tertiary/aromatic N) is 3. The summed E-state index contributed by atoms with van der Waals surface area (Å²) in [4.78, 5) is 7.83. The molecule has 1 fully saturated rings. The predicted octanol–water partition coefficient (Wildman–Crippen LogP) is 3.51. The Morgan fingerprint density at radius 1 is 1.34 bits per heavy atom. The monoisotopic (exact) mass is 419 g/mol. The normalized spacial score (nSPS) is 17.3. The van der Waals surface area contributed by atoms with E-state index in [9.17, 15) is 4.39 Å². The van der Waals surface area contributed by atoms with Gasteiger partial charge in [-0.15, -0.1) is 0 Å². The smallest absolute Gasteiger partial charge is 0.192 e. The van der Waals surface area contributed by atoms with E-state index in [0.717, 1.165) is 37.4 Å². The third kappa shape index (κ3) is 5.65. The highest BCUT2D eigenvalue weighted by molar-refractivity contribution is 8.13. The van der Waals surface area contributed by atoms with E-state index >= 15 is 0 Å². The van der Waals surface area contributed by atoms with Crippen LogP contribution in [0.3, 0.4) is 0 Å². The lowest BCUT2D eigenvalue weighted by molar-refractivity contribution is -0.0297. The first-order valence-electron chi connectivity index (χ1n) is 9.49. The summed E-state index contributed by atoms with van der Waals surface area (Å²) in [6.07, 6.45) is 2.20. The molecule has 0 saturated carbocycles. The van der Waals surface area contributed by atoms with Crippen LogP contribution < -0.4 is 0 Å². The number of oxazole rings is 1. The summed E-state index contributed by atoms with van der Waals surface area (Å²) in [6.45, 7) is 4.99. The van der Waals surface area contributed by atoms with Crippen molar-refractivity contribution < 1.29 is 13.5 Å². The molecule has 1 unspecified atom stereocenters. The van der Waals surface area contributed by atoms with Gasteiger partial charge in [0.15, 0.2) is 23.2 Å². The quantitative estimate of drug-likeness (QED) is 0.423. The summed E-state index contributed by atoms with van der Waals surface area (Å²) in [5.41, 5.74) is 1.64.